The van der Waals surface area contributed by atoms with Crippen LogP contribution in [0, 0.1) is 0 Å². The van der Waals surface area contributed by atoms with Gasteiger partial charge in [0.15, 0.2) is 0 Å². The van der Waals surface area contributed by atoms with E-state index in [9.17, 15) is 0 Å². The molecule has 0 fully saturated rings. The number of aromatic nitrogens is 1. The van der Waals surface area contributed by atoms with E-state index in [1.54, 1.807) is 0 Å². The zero-order valence-electron chi connectivity index (χ0n) is 69.0. The van der Waals surface area contributed by atoms with Crippen molar-refractivity contribution in [3.8, 4) is 106 Å². The largest absolute Gasteiger partial charge is 0.310 e. The van der Waals surface area contributed by atoms with E-state index >= 15 is 0 Å². The highest BCUT2D eigenvalue weighted by Gasteiger charge is 2.54. The Hall–Kier alpha value is -13.2. The number of benzene rings is 17. The maximum Gasteiger partial charge on any atom is 0.249 e. The van der Waals surface area contributed by atoms with Crippen LogP contribution in [-0.4, -0.2) is 11.3 Å². The van der Waals surface area contributed by atoms with Gasteiger partial charge in [0.2, 0.25) is 6.71 Å². The van der Waals surface area contributed by atoms with E-state index in [0.29, 0.717) is 0 Å². The van der Waals surface area contributed by atoms with Crippen molar-refractivity contribution in [3.63, 3.8) is 0 Å². The molecule has 18 aromatic rings. The fourth-order valence-corrected chi connectivity index (χ4v) is 23.6. The Bertz CT molecular complexity index is 7260. The number of rotatable bonds is 7. The van der Waals surface area contributed by atoms with Crippen LogP contribution in [0.2, 0.25) is 0 Å². The molecule has 0 atom stereocenters. The molecule has 24 rings (SSSR count). The van der Waals surface area contributed by atoms with Crippen LogP contribution >= 0.6 is 11.8 Å². The van der Waals surface area contributed by atoms with Gasteiger partial charge < -0.3 is 9.47 Å². The second-order valence-corrected chi connectivity index (χ2v) is 38.3. The lowest BCUT2D eigenvalue weighted by molar-refractivity contribution is 0.569. The van der Waals surface area contributed by atoms with Gasteiger partial charge in [-0.25, -0.2) is 0 Å². The van der Waals surface area contributed by atoms with E-state index in [0.717, 1.165) is 17.1 Å². The molecule has 0 bridgehead atoms. The third-order valence-corrected chi connectivity index (χ3v) is 28.9. The number of anilines is 3. The maximum absolute atomic E-state index is 2.74. The summed E-state index contributed by atoms with van der Waals surface area (Å²) in [6.07, 6.45) is 0. The number of hydrogen-bond donors (Lipinski definition) is 0. The van der Waals surface area contributed by atoms with Crippen molar-refractivity contribution < 1.29 is 0 Å². The van der Waals surface area contributed by atoms with Crippen LogP contribution in [0.1, 0.15) is 124 Å². The van der Waals surface area contributed by atoms with Gasteiger partial charge in [0.05, 0.1) is 27.6 Å². The summed E-state index contributed by atoms with van der Waals surface area (Å²) in [6.45, 7) is 21.1. The minimum absolute atomic E-state index is 0.129. The van der Waals surface area contributed by atoms with Crippen molar-refractivity contribution in [2.75, 3.05) is 4.90 Å². The highest BCUT2D eigenvalue weighted by Crippen LogP contribution is 2.66. The number of fused-ring (bicyclic) bond motifs is 28. The molecule has 6 aliphatic rings. The Kier molecular flexibility index (Phi) is 15.2. The van der Waals surface area contributed by atoms with Crippen molar-refractivity contribution in [1.82, 2.24) is 4.57 Å². The monoisotopic (exact) mass is 1550 g/mol. The quantitative estimate of drug-likeness (QED) is 0.147. The van der Waals surface area contributed by atoms with E-state index in [1.165, 1.54) is 215 Å². The fraction of sp³-hybridized carbons (Fsp3) is 0.121. The summed E-state index contributed by atoms with van der Waals surface area (Å²) in [7, 11) is 0. The second-order valence-electron chi connectivity index (χ2n) is 37.3. The summed E-state index contributed by atoms with van der Waals surface area (Å²) in [5.41, 5.74) is 46.6. The lowest BCUT2D eigenvalue weighted by Gasteiger charge is -2.42. The van der Waals surface area contributed by atoms with Gasteiger partial charge in [0, 0.05) is 48.8 Å². The lowest BCUT2D eigenvalue weighted by Crippen LogP contribution is -2.60. The van der Waals surface area contributed by atoms with E-state index in [1.807, 2.05) is 11.8 Å². The summed E-state index contributed by atoms with van der Waals surface area (Å²) < 4.78 is 2.55. The Morgan fingerprint density at radius 3 is 1.27 bits per heavy atom. The second kappa shape index (κ2) is 25.6. The molecule has 0 saturated carbocycles. The first kappa shape index (κ1) is 70.9. The molecule has 570 valence electrons. The molecule has 0 unspecified atom stereocenters. The third kappa shape index (κ3) is 9.94. The van der Waals surface area contributed by atoms with Crippen LogP contribution in [-0.2, 0) is 27.1 Å². The molecular formula is C116H87BN2S. The van der Waals surface area contributed by atoms with Gasteiger partial charge in [-0.2, -0.15) is 0 Å². The zero-order valence-corrected chi connectivity index (χ0v) is 69.8. The van der Waals surface area contributed by atoms with Gasteiger partial charge >= 0.3 is 0 Å². The molecule has 0 radical (unpaired) electrons. The molecule has 17 aromatic carbocycles. The molecule has 0 saturated heterocycles. The van der Waals surface area contributed by atoms with E-state index in [-0.39, 0.29) is 23.0 Å². The van der Waals surface area contributed by atoms with Crippen LogP contribution in [0.4, 0.5) is 17.1 Å². The molecule has 2 nitrogen and oxygen atoms in total. The molecule has 2 aliphatic heterocycles. The Morgan fingerprint density at radius 2 is 0.708 bits per heavy atom. The number of hydrogen-bond acceptors (Lipinski definition) is 2. The minimum Gasteiger partial charge on any atom is -0.310 e. The van der Waals surface area contributed by atoms with Gasteiger partial charge in [-0.15, -0.1) is 0 Å². The first-order valence-electron chi connectivity index (χ1n) is 42.7. The van der Waals surface area contributed by atoms with Gasteiger partial charge in [-0.05, 0) is 244 Å². The molecule has 4 heteroatoms. The van der Waals surface area contributed by atoms with Crippen LogP contribution in [0.15, 0.2) is 374 Å². The summed E-state index contributed by atoms with van der Waals surface area (Å²) in [5.74, 6) is 0. The van der Waals surface area contributed by atoms with Crippen LogP contribution in [0.5, 0.6) is 0 Å². The number of nitrogens with zero attached hydrogens (tertiary/aromatic N) is 2. The SMILES string of the molecule is CC(C)(C)c1cc(-c2cc3c4c(c2)N(c2c(-c5ccccc5)cc(C(C)(C)C)cc2-c2ccccc2)c2ccc(-c5ccc6c(c5)-c5ccccc5C65c6ccccc6-c6ccccc65)cc2B4c2ccc4c(c2S3)c2cc(-c3cccc5c3-c3ccccc3C53c5ccccc5-c5ccccc53)ccc2n4-c2ccccc2)cc(C(C)(C)C)c1. The summed E-state index contributed by atoms with van der Waals surface area (Å²) >= 11 is 1.99. The summed E-state index contributed by atoms with van der Waals surface area (Å²) in [4.78, 5) is 5.29. The van der Waals surface area contributed by atoms with Crippen molar-refractivity contribution >= 4 is 73.7 Å². The topological polar surface area (TPSA) is 8.17 Å². The first-order valence-corrected chi connectivity index (χ1v) is 43.5. The van der Waals surface area contributed by atoms with Crippen molar-refractivity contribution in [2.24, 2.45) is 0 Å². The smallest absolute Gasteiger partial charge is 0.249 e. The average Bonchev–Trinajstić information content (AvgIpc) is 1.50. The zero-order chi connectivity index (χ0) is 80.6. The van der Waals surface area contributed by atoms with Crippen molar-refractivity contribution in [2.45, 2.75) is 99.2 Å². The highest BCUT2D eigenvalue weighted by molar-refractivity contribution is 8.00. The minimum atomic E-state index is -0.482. The Morgan fingerprint density at radius 1 is 0.275 bits per heavy atom. The predicted octanol–water partition coefficient (Wildman–Crippen LogP) is 28.5. The lowest BCUT2D eigenvalue weighted by atomic mass is 9.34. The third-order valence-electron chi connectivity index (χ3n) is 27.7. The van der Waals surface area contributed by atoms with Crippen LogP contribution in [0.3, 0.4) is 0 Å². The number of para-hydroxylation sites is 1. The molecule has 1 aromatic heterocycles. The van der Waals surface area contributed by atoms with E-state index in [2.05, 4.69) is 436 Å². The normalized spacial score (nSPS) is 14.3. The van der Waals surface area contributed by atoms with Gasteiger partial charge in [-0.1, -0.05) is 377 Å². The van der Waals surface area contributed by atoms with E-state index < -0.39 is 10.8 Å². The molecule has 2 spiro atoms. The predicted molar refractivity (Wildman–Crippen MR) is 507 cm³/mol. The van der Waals surface area contributed by atoms with Gasteiger partial charge in [0.1, 0.15) is 0 Å². The van der Waals surface area contributed by atoms with Crippen LogP contribution in [0.25, 0.3) is 128 Å². The highest BCUT2D eigenvalue weighted by atomic mass is 32.2. The van der Waals surface area contributed by atoms with Gasteiger partial charge in [-0.3, -0.25) is 0 Å². The Labute approximate surface area is 708 Å². The summed E-state index contributed by atoms with van der Waals surface area (Å²) in [5, 5.41) is 2.49. The standard InChI is InChI=1S/C116H87BN2S/c1-112(2,3)77-60-75(61-78(67-77)113(4,5)6)76-65-105-109-106(66-76)120-111-100(56-59-104-108(111)91-63-74(54-57-102(91)118(104)80-36-17-12-18-37-80)81-44-31-51-99-107(81)87-43-24-30-50-97(87)116(99)94-47-27-21-40-84(94)85-41-22-28-48-95(85)116)117(109)101-64-73(53-58-103(101)119(105)110-88(70-32-13-10-14-33-70)68-79(114(7,8)9)69-89(110)71-34-15-11-16-35-71)72-52-55-98-90(62-72)86-42-23-29-49-96(86)115(98)92-45-25-19-38-82(92)83-39-20-26-46-93(83)115/h10-69H,1-9H3. The molecular weight excluding hydrogens is 1460 g/mol. The van der Waals surface area contributed by atoms with E-state index in [4.69, 9.17) is 0 Å². The Balaban J connectivity index is 0.802. The molecule has 0 amide bonds. The fourth-order valence-electron chi connectivity index (χ4n) is 22.2. The van der Waals surface area contributed by atoms with Crippen LogP contribution < -0.4 is 21.3 Å². The summed E-state index contributed by atoms with van der Waals surface area (Å²) in [6, 6.07) is 141. The average molecular weight is 1550 g/mol. The molecule has 120 heavy (non-hydrogen) atoms. The molecule has 3 heterocycles. The molecule has 0 N–H and O–H groups in total. The maximum atomic E-state index is 2.74. The van der Waals surface area contributed by atoms with Gasteiger partial charge in [0.25, 0.3) is 0 Å². The molecule has 4 aliphatic carbocycles. The van der Waals surface area contributed by atoms with Crippen molar-refractivity contribution in [1.29, 1.82) is 0 Å². The first-order chi connectivity index (χ1) is 58.4. The van der Waals surface area contributed by atoms with Crippen molar-refractivity contribution in [3.05, 3.63) is 425 Å².